The Hall–Kier alpha value is -2.74. The Morgan fingerprint density at radius 2 is 2.18 bits per heavy atom. The molecule has 1 saturated heterocycles. The maximum absolute atomic E-state index is 13.8. The topological polar surface area (TPSA) is 101 Å². The minimum Gasteiger partial charge on any atom is -0.441 e. The van der Waals surface area contributed by atoms with Gasteiger partial charge in [0.25, 0.3) is 0 Å². The molecule has 1 aromatic heterocycles. The molecule has 1 atom stereocenters. The van der Waals surface area contributed by atoms with Crippen LogP contribution >= 0.6 is 0 Å². The smallest absolute Gasteiger partial charge is 0.224 e. The van der Waals surface area contributed by atoms with Gasteiger partial charge in [0.15, 0.2) is 11.7 Å². The van der Waals surface area contributed by atoms with E-state index >= 15 is 0 Å². The van der Waals surface area contributed by atoms with Crippen LogP contribution in [0.1, 0.15) is 25.2 Å². The summed E-state index contributed by atoms with van der Waals surface area (Å²) in [4.78, 5) is 30.5. The molecule has 3 rings (SSSR count). The van der Waals surface area contributed by atoms with Gasteiger partial charge < -0.3 is 20.4 Å². The number of carbonyl (C=O) groups excluding carboxylic acids is 2. The molecule has 0 spiro atoms. The number of nitrogens with one attached hydrogen (secondary N) is 1. The van der Waals surface area contributed by atoms with E-state index < -0.39 is 0 Å². The van der Waals surface area contributed by atoms with Gasteiger partial charge in [0.05, 0.1) is 17.7 Å². The quantitative estimate of drug-likeness (QED) is 0.752. The average Bonchev–Trinajstić information content (AvgIpc) is 3.19. The summed E-state index contributed by atoms with van der Waals surface area (Å²) in [7, 11) is 0. The van der Waals surface area contributed by atoms with E-state index in [0.29, 0.717) is 49.8 Å². The first-order valence-corrected chi connectivity index (χ1v) is 9.53. The molecule has 0 radical (unpaired) electrons. The number of aryl methyl sites for hydroxylation is 1. The molecule has 2 amide bonds. The van der Waals surface area contributed by atoms with Crippen LogP contribution in [0.5, 0.6) is 0 Å². The third kappa shape index (κ3) is 4.95. The monoisotopic (exact) mass is 388 g/mol. The molecule has 1 aliphatic rings. The maximum atomic E-state index is 13.8. The first-order chi connectivity index (χ1) is 13.6. The summed E-state index contributed by atoms with van der Waals surface area (Å²) in [5.41, 5.74) is 5.75. The van der Waals surface area contributed by atoms with Crippen LogP contribution in [0.15, 0.2) is 34.9 Å². The second kappa shape index (κ2) is 9.45. The van der Waals surface area contributed by atoms with Crippen molar-refractivity contribution in [2.24, 2.45) is 11.7 Å². The van der Waals surface area contributed by atoms with Gasteiger partial charge in [0, 0.05) is 39.0 Å². The minimum absolute atomic E-state index is 0.0398. The van der Waals surface area contributed by atoms with E-state index in [1.54, 1.807) is 23.1 Å². The highest BCUT2D eigenvalue weighted by Gasteiger charge is 2.28. The van der Waals surface area contributed by atoms with Gasteiger partial charge in [0.2, 0.25) is 11.8 Å². The Morgan fingerprint density at radius 1 is 1.36 bits per heavy atom. The Balaban J connectivity index is 1.53. The number of oxazole rings is 1. The van der Waals surface area contributed by atoms with E-state index in [9.17, 15) is 14.0 Å². The van der Waals surface area contributed by atoms with E-state index in [1.807, 2.05) is 0 Å². The van der Waals surface area contributed by atoms with E-state index in [4.69, 9.17) is 10.2 Å². The summed E-state index contributed by atoms with van der Waals surface area (Å²) < 4.78 is 19.4. The number of piperidine rings is 1. The Morgan fingerprint density at radius 3 is 2.96 bits per heavy atom. The third-order valence-corrected chi connectivity index (χ3v) is 4.83. The van der Waals surface area contributed by atoms with Crippen molar-refractivity contribution in [2.75, 3.05) is 26.2 Å². The van der Waals surface area contributed by atoms with Gasteiger partial charge in [-0.25, -0.2) is 9.37 Å². The summed E-state index contributed by atoms with van der Waals surface area (Å²) in [6.45, 7) is 1.90. The number of hydrogen-bond donors (Lipinski definition) is 2. The van der Waals surface area contributed by atoms with Crippen LogP contribution < -0.4 is 11.1 Å². The molecule has 1 fully saturated rings. The van der Waals surface area contributed by atoms with Crippen molar-refractivity contribution in [1.29, 1.82) is 0 Å². The highest BCUT2D eigenvalue weighted by atomic mass is 19.1. The van der Waals surface area contributed by atoms with Crippen molar-refractivity contribution in [2.45, 2.75) is 25.7 Å². The molecule has 1 aliphatic heterocycles. The molecule has 7 nitrogen and oxygen atoms in total. The average molecular weight is 388 g/mol. The van der Waals surface area contributed by atoms with Crippen molar-refractivity contribution < 1.29 is 18.4 Å². The largest absolute Gasteiger partial charge is 0.441 e. The molecule has 28 heavy (non-hydrogen) atoms. The van der Waals surface area contributed by atoms with Crippen molar-refractivity contribution in [3.8, 4) is 11.3 Å². The Kier molecular flexibility index (Phi) is 6.76. The predicted octanol–water partition coefficient (Wildman–Crippen LogP) is 1.73. The molecular formula is C20H25FN4O3. The highest BCUT2D eigenvalue weighted by Crippen LogP contribution is 2.24. The molecule has 1 unspecified atom stereocenters. The lowest BCUT2D eigenvalue weighted by atomic mass is 9.96. The molecule has 0 bridgehead atoms. The summed E-state index contributed by atoms with van der Waals surface area (Å²) in [5.74, 6) is 0.0651. The van der Waals surface area contributed by atoms with Crippen molar-refractivity contribution in [1.82, 2.24) is 15.2 Å². The van der Waals surface area contributed by atoms with Gasteiger partial charge in [-0.05, 0) is 25.0 Å². The van der Waals surface area contributed by atoms with Gasteiger partial charge in [-0.1, -0.05) is 12.1 Å². The molecule has 2 aromatic rings. The molecule has 3 N–H and O–H groups in total. The van der Waals surface area contributed by atoms with Gasteiger partial charge >= 0.3 is 0 Å². The number of nitrogens with two attached hydrogens (primary N) is 1. The molecule has 8 heteroatoms. The fraction of sp³-hybridized carbons (Fsp3) is 0.450. The zero-order valence-electron chi connectivity index (χ0n) is 15.7. The normalized spacial score (nSPS) is 16.8. The van der Waals surface area contributed by atoms with Crippen LogP contribution in [0.3, 0.4) is 0 Å². The number of nitrogens with zero attached hydrogens (tertiary/aromatic N) is 2. The number of halogens is 1. The molecule has 1 aromatic carbocycles. The van der Waals surface area contributed by atoms with E-state index in [0.717, 1.165) is 12.8 Å². The van der Waals surface area contributed by atoms with Crippen LogP contribution in [0.25, 0.3) is 11.3 Å². The van der Waals surface area contributed by atoms with Crippen molar-refractivity contribution in [3.05, 3.63) is 42.2 Å². The van der Waals surface area contributed by atoms with Crippen LogP contribution in [-0.4, -0.2) is 47.9 Å². The summed E-state index contributed by atoms with van der Waals surface area (Å²) in [6, 6.07) is 6.31. The van der Waals surface area contributed by atoms with Crippen LogP contribution in [0.4, 0.5) is 4.39 Å². The van der Waals surface area contributed by atoms with Gasteiger partial charge in [0.1, 0.15) is 5.82 Å². The SMILES string of the molecule is NCCNC(=O)C1CCCN(C(=O)CCc2ncc(-c3ccccc3F)o2)C1. The number of carbonyl (C=O) groups is 2. The zero-order chi connectivity index (χ0) is 19.9. The van der Waals surface area contributed by atoms with E-state index in [1.165, 1.54) is 12.3 Å². The third-order valence-electron chi connectivity index (χ3n) is 4.83. The number of amides is 2. The molecule has 150 valence electrons. The standard InChI is InChI=1S/C20H25FN4O3/c21-16-6-2-1-5-15(16)17-12-24-18(28-17)7-8-19(26)25-11-3-4-14(13-25)20(27)23-10-9-22/h1-2,5-6,12,14H,3-4,7-11,13,22H2,(H,23,27). The van der Waals surface area contributed by atoms with Crippen LogP contribution in [0, 0.1) is 11.7 Å². The number of rotatable bonds is 7. The lowest BCUT2D eigenvalue weighted by Gasteiger charge is -2.32. The fourth-order valence-electron chi connectivity index (χ4n) is 3.34. The lowest BCUT2D eigenvalue weighted by Crippen LogP contribution is -2.46. The Labute approximate surface area is 163 Å². The first kappa shape index (κ1) is 20.0. The minimum atomic E-state index is -0.381. The predicted molar refractivity (Wildman–Crippen MR) is 102 cm³/mol. The van der Waals surface area contributed by atoms with Crippen LogP contribution in [0.2, 0.25) is 0 Å². The van der Waals surface area contributed by atoms with Gasteiger partial charge in [-0.3, -0.25) is 9.59 Å². The highest BCUT2D eigenvalue weighted by molar-refractivity contribution is 5.81. The second-order valence-electron chi connectivity index (χ2n) is 6.86. The second-order valence-corrected chi connectivity index (χ2v) is 6.86. The van der Waals surface area contributed by atoms with Crippen molar-refractivity contribution in [3.63, 3.8) is 0 Å². The number of likely N-dealkylation sites (tertiary alicyclic amines) is 1. The molecular weight excluding hydrogens is 363 g/mol. The zero-order valence-corrected chi connectivity index (χ0v) is 15.7. The number of hydrogen-bond acceptors (Lipinski definition) is 5. The van der Waals surface area contributed by atoms with E-state index in [2.05, 4.69) is 10.3 Å². The summed E-state index contributed by atoms with van der Waals surface area (Å²) >= 11 is 0. The van der Waals surface area contributed by atoms with Crippen molar-refractivity contribution >= 4 is 11.8 Å². The number of aromatic nitrogens is 1. The Bertz CT molecular complexity index is 823. The van der Waals surface area contributed by atoms with Gasteiger partial charge in [-0.15, -0.1) is 0 Å². The first-order valence-electron chi connectivity index (χ1n) is 9.53. The van der Waals surface area contributed by atoms with E-state index in [-0.39, 0.29) is 30.0 Å². The molecule has 2 heterocycles. The summed E-state index contributed by atoms with van der Waals surface area (Å²) in [5, 5.41) is 2.78. The van der Waals surface area contributed by atoms with Gasteiger partial charge in [-0.2, -0.15) is 0 Å². The maximum Gasteiger partial charge on any atom is 0.224 e. The molecule has 0 saturated carbocycles. The molecule has 0 aliphatic carbocycles. The fourth-order valence-corrected chi connectivity index (χ4v) is 3.34. The number of benzene rings is 1. The van der Waals surface area contributed by atoms with Crippen LogP contribution in [-0.2, 0) is 16.0 Å². The summed E-state index contributed by atoms with van der Waals surface area (Å²) in [6.07, 6.45) is 3.59. The lowest BCUT2D eigenvalue weighted by molar-refractivity contribution is -0.135.